The number of H-pyrrole nitrogens is 1. The molecular formula is C16H14BrN3O. The maximum Gasteiger partial charge on any atom is 0.251 e. The van der Waals surface area contributed by atoms with Gasteiger partial charge in [0.25, 0.3) is 5.91 Å². The third-order valence-corrected chi connectivity index (χ3v) is 3.82. The zero-order valence-electron chi connectivity index (χ0n) is 11.3. The van der Waals surface area contributed by atoms with Crippen LogP contribution in [0.25, 0.3) is 11.0 Å². The summed E-state index contributed by atoms with van der Waals surface area (Å²) >= 11 is 3.35. The number of nitrogens with one attached hydrogen (secondary N) is 2. The molecule has 0 saturated carbocycles. The van der Waals surface area contributed by atoms with Crippen LogP contribution >= 0.6 is 15.9 Å². The Labute approximate surface area is 130 Å². The number of hydrogen-bond donors (Lipinski definition) is 2. The van der Waals surface area contributed by atoms with Crippen LogP contribution < -0.4 is 5.32 Å². The normalized spacial score (nSPS) is 10.7. The van der Waals surface area contributed by atoms with E-state index in [0.717, 1.165) is 21.9 Å². The largest absolute Gasteiger partial charge is 0.352 e. The monoisotopic (exact) mass is 343 g/mol. The van der Waals surface area contributed by atoms with Gasteiger partial charge >= 0.3 is 0 Å². The quantitative estimate of drug-likeness (QED) is 0.763. The molecule has 0 aliphatic carbocycles. The first-order chi connectivity index (χ1) is 10.2. The standard InChI is InChI=1S/C16H14BrN3O/c17-13-4-2-12(3-5-13)16(21)18-8-7-11-1-6-14-15(9-11)20-10-19-14/h1-6,9-10H,7-8H2,(H,18,21)(H,19,20). The highest BCUT2D eigenvalue weighted by Gasteiger charge is 2.05. The van der Waals surface area contributed by atoms with Gasteiger partial charge in [-0.3, -0.25) is 4.79 Å². The van der Waals surface area contributed by atoms with Crippen molar-refractivity contribution in [3.63, 3.8) is 0 Å². The van der Waals surface area contributed by atoms with Crippen LogP contribution in [0.2, 0.25) is 0 Å². The molecule has 0 fully saturated rings. The van der Waals surface area contributed by atoms with Gasteiger partial charge in [0.1, 0.15) is 0 Å². The fourth-order valence-corrected chi connectivity index (χ4v) is 2.43. The third kappa shape index (κ3) is 3.31. The number of halogens is 1. The van der Waals surface area contributed by atoms with Gasteiger partial charge in [0, 0.05) is 16.6 Å². The summed E-state index contributed by atoms with van der Waals surface area (Å²) in [6, 6.07) is 13.4. The second-order valence-corrected chi connectivity index (χ2v) is 5.68. The SMILES string of the molecule is O=C(NCCc1ccc2nc[nH]c2c1)c1ccc(Br)cc1. The van der Waals surface area contributed by atoms with Gasteiger partial charge in [-0.2, -0.15) is 0 Å². The van der Waals surface area contributed by atoms with Crippen LogP contribution in [0.4, 0.5) is 0 Å². The third-order valence-electron chi connectivity index (χ3n) is 3.29. The molecule has 106 valence electrons. The number of aromatic amines is 1. The summed E-state index contributed by atoms with van der Waals surface area (Å²) in [6.45, 7) is 0.606. The lowest BCUT2D eigenvalue weighted by molar-refractivity contribution is 0.0954. The summed E-state index contributed by atoms with van der Waals surface area (Å²) in [5, 5.41) is 2.93. The Morgan fingerprint density at radius 1 is 1.19 bits per heavy atom. The fraction of sp³-hybridized carbons (Fsp3) is 0.125. The molecule has 0 radical (unpaired) electrons. The Bertz CT molecular complexity index is 765. The Morgan fingerprint density at radius 3 is 2.81 bits per heavy atom. The predicted octanol–water partition coefficient (Wildman–Crippen LogP) is 3.30. The van der Waals surface area contributed by atoms with E-state index in [-0.39, 0.29) is 5.91 Å². The number of hydrogen-bond acceptors (Lipinski definition) is 2. The molecule has 0 atom stereocenters. The van der Waals surface area contributed by atoms with Gasteiger partial charge in [-0.25, -0.2) is 4.98 Å². The average Bonchev–Trinajstić information content (AvgIpc) is 2.95. The molecule has 4 nitrogen and oxygen atoms in total. The van der Waals surface area contributed by atoms with Crippen molar-refractivity contribution in [3.8, 4) is 0 Å². The molecule has 1 heterocycles. The van der Waals surface area contributed by atoms with Crippen molar-refractivity contribution in [1.29, 1.82) is 0 Å². The molecule has 0 saturated heterocycles. The van der Waals surface area contributed by atoms with E-state index in [2.05, 4.69) is 37.3 Å². The number of fused-ring (bicyclic) bond motifs is 1. The van der Waals surface area contributed by atoms with Gasteiger partial charge in [0.2, 0.25) is 0 Å². The Morgan fingerprint density at radius 2 is 2.00 bits per heavy atom. The summed E-state index contributed by atoms with van der Waals surface area (Å²) < 4.78 is 0.965. The van der Waals surface area contributed by atoms with Gasteiger partial charge in [0.15, 0.2) is 0 Å². The first-order valence-corrected chi connectivity index (χ1v) is 7.47. The van der Waals surface area contributed by atoms with Crippen LogP contribution in [-0.2, 0) is 6.42 Å². The van der Waals surface area contributed by atoms with Gasteiger partial charge in [-0.05, 0) is 48.4 Å². The van der Waals surface area contributed by atoms with Crippen molar-refractivity contribution < 1.29 is 4.79 Å². The minimum Gasteiger partial charge on any atom is -0.352 e. The number of amides is 1. The van der Waals surface area contributed by atoms with E-state index >= 15 is 0 Å². The van der Waals surface area contributed by atoms with Crippen molar-refractivity contribution in [2.75, 3.05) is 6.54 Å². The molecule has 1 aromatic heterocycles. The molecule has 21 heavy (non-hydrogen) atoms. The lowest BCUT2D eigenvalue weighted by Crippen LogP contribution is -2.25. The zero-order valence-corrected chi connectivity index (χ0v) is 12.9. The van der Waals surface area contributed by atoms with Gasteiger partial charge in [-0.1, -0.05) is 22.0 Å². The van der Waals surface area contributed by atoms with Gasteiger partial charge in [-0.15, -0.1) is 0 Å². The van der Waals surface area contributed by atoms with Crippen molar-refractivity contribution >= 4 is 32.9 Å². The molecule has 0 spiro atoms. The zero-order chi connectivity index (χ0) is 14.7. The summed E-state index contributed by atoms with van der Waals surface area (Å²) in [5.41, 5.74) is 3.81. The number of aromatic nitrogens is 2. The van der Waals surface area contributed by atoms with Gasteiger partial charge < -0.3 is 10.3 Å². The topological polar surface area (TPSA) is 57.8 Å². The van der Waals surface area contributed by atoms with Crippen LogP contribution in [0.3, 0.4) is 0 Å². The van der Waals surface area contributed by atoms with E-state index in [4.69, 9.17) is 0 Å². The lowest BCUT2D eigenvalue weighted by Gasteiger charge is -2.06. The number of carbonyl (C=O) groups excluding carboxylic acids is 1. The van der Waals surface area contributed by atoms with E-state index in [1.807, 2.05) is 24.3 Å². The van der Waals surface area contributed by atoms with Crippen LogP contribution in [0.15, 0.2) is 53.3 Å². The highest BCUT2D eigenvalue weighted by atomic mass is 79.9. The summed E-state index contributed by atoms with van der Waals surface area (Å²) in [5.74, 6) is -0.0508. The van der Waals surface area contributed by atoms with Crippen LogP contribution in [-0.4, -0.2) is 22.4 Å². The minimum absolute atomic E-state index is 0.0508. The second-order valence-electron chi connectivity index (χ2n) is 4.77. The van der Waals surface area contributed by atoms with E-state index in [9.17, 15) is 4.79 Å². The molecule has 0 aliphatic rings. The number of carbonyl (C=O) groups is 1. The molecule has 2 aromatic carbocycles. The molecule has 5 heteroatoms. The molecule has 0 aliphatic heterocycles. The summed E-state index contributed by atoms with van der Waals surface area (Å²) in [7, 11) is 0. The molecule has 2 N–H and O–H groups in total. The van der Waals surface area contributed by atoms with E-state index in [0.29, 0.717) is 12.1 Å². The van der Waals surface area contributed by atoms with Crippen LogP contribution in [0.5, 0.6) is 0 Å². The lowest BCUT2D eigenvalue weighted by atomic mass is 10.1. The summed E-state index contributed by atoms with van der Waals surface area (Å²) in [6.07, 6.45) is 2.47. The van der Waals surface area contributed by atoms with Crippen molar-refractivity contribution in [3.05, 3.63) is 64.4 Å². The smallest absolute Gasteiger partial charge is 0.251 e. The highest BCUT2D eigenvalue weighted by molar-refractivity contribution is 9.10. The number of rotatable bonds is 4. The van der Waals surface area contributed by atoms with E-state index in [1.54, 1.807) is 18.5 Å². The molecule has 1 amide bonds. The molecular weight excluding hydrogens is 330 g/mol. The number of benzene rings is 2. The fourth-order valence-electron chi connectivity index (χ4n) is 2.16. The van der Waals surface area contributed by atoms with Crippen molar-refractivity contribution in [2.45, 2.75) is 6.42 Å². The van der Waals surface area contributed by atoms with Crippen molar-refractivity contribution in [2.24, 2.45) is 0 Å². The Kier molecular flexibility index (Phi) is 4.01. The first-order valence-electron chi connectivity index (χ1n) is 6.68. The van der Waals surface area contributed by atoms with Crippen molar-refractivity contribution in [1.82, 2.24) is 15.3 Å². The maximum atomic E-state index is 12.0. The number of imidazole rings is 1. The second kappa shape index (κ2) is 6.10. The minimum atomic E-state index is -0.0508. The molecule has 3 aromatic rings. The Hall–Kier alpha value is -2.14. The van der Waals surface area contributed by atoms with Crippen LogP contribution in [0.1, 0.15) is 15.9 Å². The molecule has 0 unspecified atom stereocenters. The summed E-state index contributed by atoms with van der Waals surface area (Å²) in [4.78, 5) is 19.2. The average molecular weight is 344 g/mol. The van der Waals surface area contributed by atoms with Crippen LogP contribution in [0, 0.1) is 0 Å². The molecule has 0 bridgehead atoms. The van der Waals surface area contributed by atoms with E-state index < -0.39 is 0 Å². The number of nitrogens with zero attached hydrogens (tertiary/aromatic N) is 1. The first kappa shape index (κ1) is 13.8. The Balaban J connectivity index is 1.57. The van der Waals surface area contributed by atoms with Gasteiger partial charge in [0.05, 0.1) is 17.4 Å². The van der Waals surface area contributed by atoms with E-state index in [1.165, 1.54) is 5.56 Å². The highest BCUT2D eigenvalue weighted by Crippen LogP contribution is 2.12. The molecule has 3 rings (SSSR count). The predicted molar refractivity (Wildman–Crippen MR) is 86.3 cm³/mol. The maximum absolute atomic E-state index is 12.0.